The van der Waals surface area contributed by atoms with Crippen LogP contribution in [0.2, 0.25) is 0 Å². The summed E-state index contributed by atoms with van der Waals surface area (Å²) >= 11 is 1.34. The van der Waals surface area contributed by atoms with E-state index in [1.807, 2.05) is 37.3 Å². The number of anilines is 1. The zero-order valence-corrected chi connectivity index (χ0v) is 15.8. The average molecular weight is 361 g/mol. The van der Waals surface area contributed by atoms with Crippen molar-refractivity contribution in [1.29, 1.82) is 0 Å². The van der Waals surface area contributed by atoms with Crippen molar-refractivity contribution in [3.05, 3.63) is 53.6 Å². The Morgan fingerprint density at radius 1 is 1.04 bits per heavy atom. The largest absolute Gasteiger partial charge is 0.263 e. The van der Waals surface area contributed by atoms with Crippen LogP contribution in [0.15, 0.2) is 47.4 Å². The molecule has 1 N–H and O–H groups in total. The highest BCUT2D eigenvalue weighted by atomic mass is 32.2. The quantitative estimate of drug-likeness (QED) is 0.736. The molecule has 0 amide bonds. The number of thiazole rings is 1. The highest BCUT2D eigenvalue weighted by molar-refractivity contribution is 7.93. The van der Waals surface area contributed by atoms with E-state index in [1.54, 1.807) is 12.1 Å². The van der Waals surface area contributed by atoms with Gasteiger partial charge in [0.25, 0.3) is 10.0 Å². The highest BCUT2D eigenvalue weighted by Crippen LogP contribution is 2.29. The molecule has 0 radical (unpaired) electrons. The molecule has 0 aliphatic heterocycles. The molecule has 1 heterocycles. The second-order valence-corrected chi connectivity index (χ2v) is 9.58. The number of sulfonamides is 1. The van der Waals surface area contributed by atoms with Crippen LogP contribution in [0, 0.1) is 6.92 Å². The summed E-state index contributed by atoms with van der Waals surface area (Å²) in [6.07, 6.45) is 0. The van der Waals surface area contributed by atoms with Crippen molar-refractivity contribution < 1.29 is 8.42 Å². The lowest BCUT2D eigenvalue weighted by Gasteiger charge is -2.19. The smallest absolute Gasteiger partial charge is 0.255 e. The van der Waals surface area contributed by atoms with Crippen molar-refractivity contribution in [1.82, 2.24) is 4.98 Å². The van der Waals surface area contributed by atoms with Crippen LogP contribution < -0.4 is 4.72 Å². The number of nitrogens with zero attached hydrogens (tertiary/aromatic N) is 1. The van der Waals surface area contributed by atoms with Gasteiger partial charge in [-0.15, -0.1) is 0 Å². The first-order chi connectivity index (χ1) is 11.1. The molecule has 1 aromatic heterocycles. The fraction of sp³-hybridized carbons (Fsp3) is 0.278. The lowest BCUT2D eigenvalue weighted by Crippen LogP contribution is -2.14. The van der Waals surface area contributed by atoms with Gasteiger partial charge in [0.2, 0.25) is 0 Å². The van der Waals surface area contributed by atoms with Crippen molar-refractivity contribution in [2.45, 2.75) is 38.0 Å². The maximum absolute atomic E-state index is 12.6. The monoisotopic (exact) mass is 360 g/mol. The SMILES string of the molecule is Cc1ccc2nc(NS(=O)(=O)c3ccc(C(C)(C)C)cc3)sc2c1. The van der Waals surface area contributed by atoms with E-state index >= 15 is 0 Å². The van der Waals surface area contributed by atoms with E-state index in [0.717, 1.165) is 21.3 Å². The average Bonchev–Trinajstić information content (AvgIpc) is 2.87. The first kappa shape index (κ1) is 16.9. The van der Waals surface area contributed by atoms with Gasteiger partial charge in [-0.25, -0.2) is 13.4 Å². The number of hydrogen-bond acceptors (Lipinski definition) is 4. The van der Waals surface area contributed by atoms with Crippen molar-refractivity contribution in [2.75, 3.05) is 4.72 Å². The van der Waals surface area contributed by atoms with E-state index < -0.39 is 10.0 Å². The topological polar surface area (TPSA) is 59.1 Å². The van der Waals surface area contributed by atoms with Crippen LogP contribution in [0.3, 0.4) is 0 Å². The molecule has 0 bridgehead atoms. The fourth-order valence-electron chi connectivity index (χ4n) is 2.38. The predicted octanol–water partition coefficient (Wildman–Crippen LogP) is 4.70. The third-order valence-corrected chi connectivity index (χ3v) is 6.21. The molecular formula is C18H20N2O2S2. The van der Waals surface area contributed by atoms with Gasteiger partial charge in [0, 0.05) is 0 Å². The molecule has 0 aliphatic rings. The Hall–Kier alpha value is -1.92. The molecular weight excluding hydrogens is 340 g/mol. The van der Waals surface area contributed by atoms with Gasteiger partial charge in [0.15, 0.2) is 5.13 Å². The van der Waals surface area contributed by atoms with Crippen molar-refractivity contribution in [3.8, 4) is 0 Å². The summed E-state index contributed by atoms with van der Waals surface area (Å²) in [5.41, 5.74) is 3.00. The maximum atomic E-state index is 12.6. The summed E-state index contributed by atoms with van der Waals surface area (Å²) in [7, 11) is -3.64. The van der Waals surface area contributed by atoms with E-state index in [0.29, 0.717) is 5.13 Å². The van der Waals surface area contributed by atoms with Gasteiger partial charge in [-0.05, 0) is 47.7 Å². The first-order valence-electron chi connectivity index (χ1n) is 7.66. The van der Waals surface area contributed by atoms with Gasteiger partial charge < -0.3 is 0 Å². The molecule has 0 saturated carbocycles. The summed E-state index contributed by atoms with van der Waals surface area (Å²) in [5, 5.41) is 0.385. The number of aromatic nitrogens is 1. The third-order valence-electron chi connectivity index (χ3n) is 3.80. The number of rotatable bonds is 3. The second kappa shape index (κ2) is 5.86. The lowest BCUT2D eigenvalue weighted by molar-refractivity contribution is 0.587. The van der Waals surface area contributed by atoms with Crippen LogP contribution >= 0.6 is 11.3 Å². The highest BCUT2D eigenvalue weighted by Gasteiger charge is 2.19. The molecule has 3 aromatic rings. The van der Waals surface area contributed by atoms with Crippen molar-refractivity contribution >= 4 is 36.7 Å². The van der Waals surface area contributed by atoms with Crippen LogP contribution in [-0.4, -0.2) is 13.4 Å². The molecule has 24 heavy (non-hydrogen) atoms. The van der Waals surface area contributed by atoms with Gasteiger partial charge in [0.05, 0.1) is 15.1 Å². The minimum atomic E-state index is -3.64. The number of hydrogen-bond donors (Lipinski definition) is 1. The summed E-state index contributed by atoms with van der Waals surface area (Å²) < 4.78 is 28.7. The van der Waals surface area contributed by atoms with Crippen LogP contribution in [0.4, 0.5) is 5.13 Å². The Bertz CT molecular complexity index is 982. The van der Waals surface area contributed by atoms with Gasteiger partial charge in [-0.3, -0.25) is 4.72 Å². The molecule has 4 nitrogen and oxygen atoms in total. The number of nitrogens with one attached hydrogen (secondary N) is 1. The molecule has 0 aliphatic carbocycles. The van der Waals surface area contributed by atoms with Crippen molar-refractivity contribution in [3.63, 3.8) is 0 Å². The Labute approximate surface area is 146 Å². The van der Waals surface area contributed by atoms with Crippen LogP contribution in [0.5, 0.6) is 0 Å². The Morgan fingerprint density at radius 3 is 2.33 bits per heavy atom. The zero-order valence-electron chi connectivity index (χ0n) is 14.1. The van der Waals surface area contributed by atoms with Gasteiger partial charge in [-0.1, -0.05) is 50.3 Å². The standard InChI is InChI=1S/C18H20N2O2S2/c1-12-5-10-15-16(11-12)23-17(19-15)20-24(21,22)14-8-6-13(7-9-14)18(2,3)4/h5-11H,1-4H3,(H,19,20). The second-order valence-electron chi connectivity index (χ2n) is 6.87. The molecule has 0 atom stereocenters. The Morgan fingerprint density at radius 2 is 1.71 bits per heavy atom. The Balaban J connectivity index is 1.89. The minimum Gasteiger partial charge on any atom is -0.255 e. The minimum absolute atomic E-state index is 0.0133. The molecule has 126 valence electrons. The van der Waals surface area contributed by atoms with Crippen LogP contribution in [0.1, 0.15) is 31.9 Å². The molecule has 0 unspecified atom stereocenters. The first-order valence-corrected chi connectivity index (χ1v) is 9.96. The number of benzene rings is 2. The van der Waals surface area contributed by atoms with Gasteiger partial charge in [0.1, 0.15) is 0 Å². The van der Waals surface area contributed by atoms with E-state index in [-0.39, 0.29) is 10.3 Å². The summed E-state index contributed by atoms with van der Waals surface area (Å²) in [4.78, 5) is 4.59. The van der Waals surface area contributed by atoms with E-state index in [2.05, 4.69) is 30.5 Å². The van der Waals surface area contributed by atoms with Gasteiger partial charge >= 0.3 is 0 Å². The molecule has 0 spiro atoms. The Kier molecular flexibility index (Phi) is 4.13. The third kappa shape index (κ3) is 3.44. The fourth-order valence-corrected chi connectivity index (χ4v) is 4.58. The predicted molar refractivity (Wildman–Crippen MR) is 100 cm³/mol. The summed E-state index contributed by atoms with van der Waals surface area (Å²) in [5.74, 6) is 0. The van der Waals surface area contributed by atoms with Crippen LogP contribution in [-0.2, 0) is 15.4 Å². The molecule has 2 aromatic carbocycles. The van der Waals surface area contributed by atoms with E-state index in [9.17, 15) is 8.42 Å². The number of aryl methyl sites for hydroxylation is 1. The number of fused-ring (bicyclic) bond motifs is 1. The lowest BCUT2D eigenvalue weighted by atomic mass is 9.87. The maximum Gasteiger partial charge on any atom is 0.263 e. The van der Waals surface area contributed by atoms with Gasteiger partial charge in [-0.2, -0.15) is 0 Å². The van der Waals surface area contributed by atoms with Crippen LogP contribution in [0.25, 0.3) is 10.2 Å². The molecule has 3 rings (SSSR count). The van der Waals surface area contributed by atoms with Crippen molar-refractivity contribution in [2.24, 2.45) is 0 Å². The summed E-state index contributed by atoms with van der Waals surface area (Å²) in [6.45, 7) is 8.29. The van der Waals surface area contributed by atoms with E-state index in [4.69, 9.17) is 0 Å². The molecule has 0 saturated heterocycles. The van der Waals surface area contributed by atoms with E-state index in [1.165, 1.54) is 11.3 Å². The zero-order chi connectivity index (χ0) is 17.5. The molecule has 0 fully saturated rings. The summed E-state index contributed by atoms with van der Waals surface area (Å²) in [6, 6.07) is 12.9. The normalized spacial score (nSPS) is 12.5. The molecule has 6 heteroatoms.